The number of aromatic nitrogens is 3. The molecular formula is C26H22ClF2N5O2. The second-order valence-electron chi connectivity index (χ2n) is 8.53. The van der Waals surface area contributed by atoms with Crippen molar-refractivity contribution in [3.05, 3.63) is 94.4 Å². The van der Waals surface area contributed by atoms with Crippen LogP contribution < -0.4 is 5.32 Å². The molecule has 1 atom stereocenters. The van der Waals surface area contributed by atoms with Crippen molar-refractivity contribution in [2.75, 3.05) is 18.5 Å². The van der Waals surface area contributed by atoms with E-state index in [1.54, 1.807) is 29.3 Å². The lowest BCUT2D eigenvalue weighted by atomic mass is 10.0. The summed E-state index contributed by atoms with van der Waals surface area (Å²) in [5.41, 5.74) is 3.58. The lowest BCUT2D eigenvalue weighted by Crippen LogP contribution is -2.43. The number of fused-ring (bicyclic) bond motifs is 1. The van der Waals surface area contributed by atoms with E-state index in [2.05, 4.69) is 15.3 Å². The number of rotatable bonds is 6. The summed E-state index contributed by atoms with van der Waals surface area (Å²) in [5, 5.41) is 13.2. The molecule has 0 aliphatic carbocycles. The van der Waals surface area contributed by atoms with E-state index in [-0.39, 0.29) is 23.5 Å². The Bertz CT molecular complexity index is 1460. The Labute approximate surface area is 211 Å². The van der Waals surface area contributed by atoms with E-state index in [0.29, 0.717) is 35.7 Å². The predicted molar refractivity (Wildman–Crippen MR) is 132 cm³/mol. The zero-order valence-electron chi connectivity index (χ0n) is 19.3. The zero-order valence-corrected chi connectivity index (χ0v) is 20.0. The summed E-state index contributed by atoms with van der Waals surface area (Å²) in [4.78, 5) is 23.8. The maximum atomic E-state index is 13.8. The van der Waals surface area contributed by atoms with Crippen LogP contribution in [0.1, 0.15) is 27.7 Å². The van der Waals surface area contributed by atoms with Crippen LogP contribution in [0.2, 0.25) is 5.02 Å². The molecule has 2 N–H and O–H groups in total. The fourth-order valence-electron chi connectivity index (χ4n) is 4.37. The van der Waals surface area contributed by atoms with Crippen LogP contribution in [0, 0.1) is 18.6 Å². The third-order valence-corrected chi connectivity index (χ3v) is 6.48. The average molecular weight is 510 g/mol. The average Bonchev–Trinajstić information content (AvgIpc) is 3.29. The number of benzene rings is 2. The molecular weight excluding hydrogens is 488 g/mol. The van der Waals surface area contributed by atoms with E-state index in [0.717, 1.165) is 11.1 Å². The number of nitrogens with zero attached hydrogens (tertiary/aromatic N) is 4. The first kappa shape index (κ1) is 23.9. The van der Waals surface area contributed by atoms with Crippen LogP contribution in [0.15, 0.2) is 60.9 Å². The number of halogens is 3. The predicted octanol–water partition coefficient (Wildman–Crippen LogP) is 5.12. The first-order chi connectivity index (χ1) is 17.3. The molecule has 1 aliphatic rings. The van der Waals surface area contributed by atoms with E-state index >= 15 is 0 Å². The maximum absolute atomic E-state index is 13.8. The van der Waals surface area contributed by atoms with Crippen LogP contribution in [0.3, 0.4) is 0 Å². The Morgan fingerprint density at radius 2 is 1.94 bits per heavy atom. The Kier molecular flexibility index (Phi) is 6.42. The van der Waals surface area contributed by atoms with Gasteiger partial charge in [-0.2, -0.15) is 0 Å². The van der Waals surface area contributed by atoms with Crippen molar-refractivity contribution in [1.82, 2.24) is 19.4 Å². The standard InChI is InChI=1S/C26H22ClF2N5O2/c1-15-12-30-26(31-21-6-5-19(29)11-20(21)27)32-24(15)17-10-22-25(36)34(8-7-33(22)13-17)23(14-35)16-3-2-4-18(28)9-16/h2-6,9-13,23,35H,7-8,14H2,1H3,(H,30,31,32). The summed E-state index contributed by atoms with van der Waals surface area (Å²) in [6.45, 7) is 2.41. The summed E-state index contributed by atoms with van der Waals surface area (Å²) in [7, 11) is 0. The first-order valence-corrected chi connectivity index (χ1v) is 11.7. The number of anilines is 2. The molecule has 4 aromatic rings. The van der Waals surface area contributed by atoms with Crippen molar-refractivity contribution in [1.29, 1.82) is 0 Å². The quantitative estimate of drug-likeness (QED) is 0.377. The summed E-state index contributed by atoms with van der Waals surface area (Å²) in [5.74, 6) is -0.867. The van der Waals surface area contributed by atoms with Gasteiger partial charge in [0.15, 0.2) is 0 Å². The SMILES string of the molecule is Cc1cnc(Nc2ccc(F)cc2Cl)nc1-c1cc2n(c1)CCN(C(CO)c1cccc(F)c1)C2=O. The number of aliphatic hydroxyl groups is 1. The minimum Gasteiger partial charge on any atom is -0.394 e. The molecule has 3 heterocycles. The highest BCUT2D eigenvalue weighted by atomic mass is 35.5. The van der Waals surface area contributed by atoms with Crippen LogP contribution in [-0.2, 0) is 6.54 Å². The van der Waals surface area contributed by atoms with Crippen LogP contribution in [0.25, 0.3) is 11.3 Å². The highest BCUT2D eigenvalue weighted by molar-refractivity contribution is 6.33. The lowest BCUT2D eigenvalue weighted by molar-refractivity contribution is 0.0525. The maximum Gasteiger partial charge on any atom is 0.271 e. The van der Waals surface area contributed by atoms with Gasteiger partial charge >= 0.3 is 0 Å². The number of hydrogen-bond donors (Lipinski definition) is 2. The molecule has 0 bridgehead atoms. The van der Waals surface area contributed by atoms with Gasteiger partial charge in [0.2, 0.25) is 5.95 Å². The molecule has 1 amide bonds. The molecule has 2 aromatic heterocycles. The van der Waals surface area contributed by atoms with Gasteiger partial charge in [0.05, 0.1) is 29.1 Å². The molecule has 1 aliphatic heterocycles. The van der Waals surface area contributed by atoms with Crippen LogP contribution in [-0.4, -0.2) is 43.6 Å². The van der Waals surface area contributed by atoms with Crippen LogP contribution >= 0.6 is 11.6 Å². The van der Waals surface area contributed by atoms with Crippen LogP contribution in [0.4, 0.5) is 20.4 Å². The Morgan fingerprint density at radius 3 is 2.69 bits per heavy atom. The van der Waals surface area contributed by atoms with E-state index in [4.69, 9.17) is 11.6 Å². The largest absolute Gasteiger partial charge is 0.394 e. The topological polar surface area (TPSA) is 83.3 Å². The van der Waals surface area contributed by atoms with Crippen molar-refractivity contribution in [3.63, 3.8) is 0 Å². The molecule has 0 saturated carbocycles. The highest BCUT2D eigenvalue weighted by Gasteiger charge is 2.32. The molecule has 5 rings (SSSR count). The Hall–Kier alpha value is -3.82. The van der Waals surface area contributed by atoms with Gasteiger partial charge in [-0.1, -0.05) is 23.7 Å². The molecule has 7 nitrogen and oxygen atoms in total. The minimum atomic E-state index is -0.655. The fraction of sp³-hybridized carbons (Fsp3) is 0.192. The van der Waals surface area contributed by atoms with Gasteiger partial charge in [-0.25, -0.2) is 18.7 Å². The van der Waals surface area contributed by atoms with E-state index in [1.807, 2.05) is 17.7 Å². The van der Waals surface area contributed by atoms with E-state index in [1.165, 1.54) is 30.3 Å². The summed E-state index contributed by atoms with van der Waals surface area (Å²) in [6.07, 6.45) is 3.50. The molecule has 184 valence electrons. The zero-order chi connectivity index (χ0) is 25.4. The Morgan fingerprint density at radius 1 is 1.14 bits per heavy atom. The molecule has 1 unspecified atom stereocenters. The number of aryl methyl sites for hydroxylation is 1. The monoisotopic (exact) mass is 509 g/mol. The van der Waals surface area contributed by atoms with Gasteiger partial charge in [-0.05, 0) is 54.4 Å². The van der Waals surface area contributed by atoms with Crippen molar-refractivity contribution in [3.8, 4) is 11.3 Å². The van der Waals surface area contributed by atoms with Crippen molar-refractivity contribution < 1.29 is 18.7 Å². The number of aliphatic hydroxyl groups excluding tert-OH is 1. The summed E-state index contributed by atoms with van der Waals surface area (Å²) in [6, 6.07) is 11.0. The van der Waals surface area contributed by atoms with Gasteiger partial charge in [0.25, 0.3) is 5.91 Å². The van der Waals surface area contributed by atoms with Gasteiger partial charge in [-0.15, -0.1) is 0 Å². The molecule has 2 aromatic carbocycles. The van der Waals surface area contributed by atoms with Crippen molar-refractivity contribution >= 4 is 29.1 Å². The van der Waals surface area contributed by atoms with Gasteiger partial charge in [-0.3, -0.25) is 4.79 Å². The molecule has 36 heavy (non-hydrogen) atoms. The van der Waals surface area contributed by atoms with Gasteiger partial charge < -0.3 is 19.9 Å². The number of carbonyl (C=O) groups is 1. The smallest absolute Gasteiger partial charge is 0.271 e. The molecule has 10 heteroatoms. The number of hydrogen-bond acceptors (Lipinski definition) is 5. The third kappa shape index (κ3) is 4.55. The normalized spacial score (nSPS) is 14.0. The number of nitrogens with one attached hydrogen (secondary N) is 1. The molecule has 0 spiro atoms. The van der Waals surface area contributed by atoms with Gasteiger partial charge in [0.1, 0.15) is 17.3 Å². The van der Waals surface area contributed by atoms with E-state index in [9.17, 15) is 18.7 Å². The Balaban J connectivity index is 1.44. The van der Waals surface area contributed by atoms with Crippen molar-refractivity contribution in [2.45, 2.75) is 19.5 Å². The van der Waals surface area contributed by atoms with Crippen molar-refractivity contribution in [2.24, 2.45) is 0 Å². The minimum absolute atomic E-state index is 0.197. The summed E-state index contributed by atoms with van der Waals surface area (Å²) >= 11 is 6.11. The third-order valence-electron chi connectivity index (χ3n) is 6.16. The number of amides is 1. The van der Waals surface area contributed by atoms with Gasteiger partial charge in [0, 0.05) is 31.0 Å². The second-order valence-corrected chi connectivity index (χ2v) is 8.94. The lowest BCUT2D eigenvalue weighted by Gasteiger charge is -2.34. The summed E-state index contributed by atoms with van der Waals surface area (Å²) < 4.78 is 29.0. The first-order valence-electron chi connectivity index (χ1n) is 11.3. The molecule has 0 fully saturated rings. The van der Waals surface area contributed by atoms with Crippen LogP contribution in [0.5, 0.6) is 0 Å². The molecule has 0 saturated heterocycles. The number of carbonyl (C=O) groups excluding carboxylic acids is 1. The molecule has 0 radical (unpaired) electrons. The van der Waals surface area contributed by atoms with E-state index < -0.39 is 17.7 Å². The second kappa shape index (κ2) is 9.67. The highest BCUT2D eigenvalue weighted by Crippen LogP contribution is 2.31. The fourth-order valence-corrected chi connectivity index (χ4v) is 4.58.